The Bertz CT molecular complexity index is 546. The third-order valence-corrected chi connectivity index (χ3v) is 3.07. The van der Waals surface area contributed by atoms with Crippen LogP contribution >= 0.6 is 24.0 Å². The van der Waals surface area contributed by atoms with E-state index in [-0.39, 0.29) is 29.9 Å². The average molecular weight is 428 g/mol. The van der Waals surface area contributed by atoms with E-state index in [0.29, 0.717) is 19.5 Å². The molecule has 0 aromatic heterocycles. The minimum atomic E-state index is -3.14. The van der Waals surface area contributed by atoms with Crippen LogP contribution in [0.3, 0.4) is 0 Å². The Labute approximate surface area is 142 Å². The van der Waals surface area contributed by atoms with Gasteiger partial charge in [-0.1, -0.05) is 0 Å². The summed E-state index contributed by atoms with van der Waals surface area (Å²) in [7, 11) is -1.54. The van der Waals surface area contributed by atoms with Gasteiger partial charge in [-0.05, 0) is 30.7 Å². The summed E-state index contributed by atoms with van der Waals surface area (Å²) < 4.78 is 29.1. The van der Waals surface area contributed by atoms with E-state index in [9.17, 15) is 8.42 Å². The predicted molar refractivity (Wildman–Crippen MR) is 96.0 cm³/mol. The first kappa shape index (κ1) is 19.9. The molecule has 21 heavy (non-hydrogen) atoms. The van der Waals surface area contributed by atoms with Gasteiger partial charge in [0.05, 0.1) is 13.4 Å². The van der Waals surface area contributed by atoms with Crippen molar-refractivity contribution in [3.63, 3.8) is 0 Å². The van der Waals surface area contributed by atoms with Gasteiger partial charge in [0.15, 0.2) is 5.96 Å². The number of methoxy groups -OCH3 is 1. The quantitative estimate of drug-likeness (QED) is 0.260. The lowest BCUT2D eigenvalue weighted by molar-refractivity contribution is 0.415. The van der Waals surface area contributed by atoms with Gasteiger partial charge in [-0.25, -0.2) is 13.1 Å². The second-order valence-electron chi connectivity index (χ2n) is 4.14. The highest BCUT2D eigenvalue weighted by atomic mass is 127. The highest BCUT2D eigenvalue weighted by Gasteiger charge is 1.99. The van der Waals surface area contributed by atoms with Crippen molar-refractivity contribution in [2.45, 2.75) is 6.42 Å². The molecule has 0 atom stereocenters. The number of ether oxygens (including phenoxy) is 1. The lowest BCUT2D eigenvalue weighted by Crippen LogP contribution is -2.25. The van der Waals surface area contributed by atoms with E-state index in [2.05, 4.69) is 15.0 Å². The van der Waals surface area contributed by atoms with Gasteiger partial charge in [0, 0.05) is 18.8 Å². The molecular formula is C12H21IN4O3S. The second kappa shape index (κ2) is 9.79. The molecule has 0 aliphatic rings. The fourth-order valence-corrected chi connectivity index (χ4v) is 1.91. The Hall–Kier alpha value is -1.07. The highest BCUT2D eigenvalue weighted by molar-refractivity contribution is 14.0. The molecule has 0 aliphatic heterocycles. The molecule has 0 heterocycles. The zero-order valence-corrected chi connectivity index (χ0v) is 15.1. The molecule has 0 fully saturated rings. The third kappa shape index (κ3) is 9.47. The fraction of sp³-hybridized carbons (Fsp3) is 0.417. The minimum Gasteiger partial charge on any atom is -0.497 e. The summed E-state index contributed by atoms with van der Waals surface area (Å²) in [6.07, 6.45) is 1.70. The molecule has 1 aromatic carbocycles. The van der Waals surface area contributed by atoms with Crippen LogP contribution in [0.4, 0.5) is 5.69 Å². The molecule has 4 N–H and O–H groups in total. The van der Waals surface area contributed by atoms with Gasteiger partial charge in [-0.15, -0.1) is 24.0 Å². The van der Waals surface area contributed by atoms with Crippen molar-refractivity contribution in [3.8, 4) is 5.75 Å². The van der Waals surface area contributed by atoms with Gasteiger partial charge in [-0.2, -0.15) is 0 Å². The molecule has 0 radical (unpaired) electrons. The highest BCUT2D eigenvalue weighted by Crippen LogP contribution is 2.14. The van der Waals surface area contributed by atoms with E-state index in [4.69, 9.17) is 10.5 Å². The number of anilines is 1. The third-order valence-electron chi connectivity index (χ3n) is 2.34. The Morgan fingerprint density at radius 1 is 1.33 bits per heavy atom. The van der Waals surface area contributed by atoms with Crippen LogP contribution in [0.15, 0.2) is 29.3 Å². The van der Waals surface area contributed by atoms with Gasteiger partial charge < -0.3 is 15.8 Å². The van der Waals surface area contributed by atoms with Crippen LogP contribution in [0, 0.1) is 0 Å². The molecule has 0 bridgehead atoms. The maximum absolute atomic E-state index is 10.8. The molecule has 0 aliphatic carbocycles. The molecule has 0 saturated carbocycles. The van der Waals surface area contributed by atoms with Crippen LogP contribution in [0.25, 0.3) is 0 Å². The van der Waals surface area contributed by atoms with Crippen molar-refractivity contribution in [3.05, 3.63) is 24.3 Å². The van der Waals surface area contributed by atoms with Crippen LogP contribution < -0.4 is 20.5 Å². The number of nitrogens with one attached hydrogen (secondary N) is 2. The van der Waals surface area contributed by atoms with E-state index in [0.717, 1.165) is 17.7 Å². The molecule has 120 valence electrons. The lowest BCUT2D eigenvalue weighted by Gasteiger charge is -2.06. The van der Waals surface area contributed by atoms with Crippen molar-refractivity contribution in [1.29, 1.82) is 0 Å². The number of halogens is 1. The zero-order valence-electron chi connectivity index (χ0n) is 12.0. The van der Waals surface area contributed by atoms with E-state index < -0.39 is 10.0 Å². The predicted octanol–water partition coefficient (Wildman–Crippen LogP) is 0.979. The monoisotopic (exact) mass is 428 g/mol. The molecule has 7 nitrogen and oxygen atoms in total. The standard InChI is InChI=1S/C12H20N4O3S.HI/c1-19-11-6-4-10(5-7-11)16-12(13)14-8-3-9-15-20(2,17)18;/h4-7,15H,3,8-9H2,1-2H3,(H3,13,14,16);1H. The van der Waals surface area contributed by atoms with Crippen molar-refractivity contribution in [2.24, 2.45) is 10.7 Å². The Kier molecular flexibility index (Phi) is 9.29. The van der Waals surface area contributed by atoms with E-state index in [1.807, 2.05) is 24.3 Å². The van der Waals surface area contributed by atoms with E-state index in [1.54, 1.807) is 7.11 Å². The van der Waals surface area contributed by atoms with Crippen LogP contribution in [0.2, 0.25) is 0 Å². The SMILES string of the molecule is COc1ccc(NC(N)=NCCCNS(C)(=O)=O)cc1.I. The summed E-state index contributed by atoms with van der Waals surface area (Å²) in [5, 5.41) is 2.93. The minimum absolute atomic E-state index is 0. The molecule has 0 spiro atoms. The molecule has 0 amide bonds. The largest absolute Gasteiger partial charge is 0.497 e. The van der Waals surface area contributed by atoms with Gasteiger partial charge in [0.1, 0.15) is 5.75 Å². The van der Waals surface area contributed by atoms with Crippen molar-refractivity contribution >= 4 is 45.6 Å². The molecule has 1 aromatic rings. The fourth-order valence-electron chi connectivity index (χ4n) is 1.40. The topological polar surface area (TPSA) is 106 Å². The Morgan fingerprint density at radius 3 is 2.48 bits per heavy atom. The maximum Gasteiger partial charge on any atom is 0.208 e. The number of guanidine groups is 1. The molecule has 0 unspecified atom stereocenters. The van der Waals surface area contributed by atoms with Crippen molar-refractivity contribution < 1.29 is 13.2 Å². The zero-order chi connectivity index (χ0) is 15.0. The Morgan fingerprint density at radius 2 is 1.95 bits per heavy atom. The maximum atomic E-state index is 10.8. The molecule has 0 saturated heterocycles. The number of benzene rings is 1. The summed E-state index contributed by atoms with van der Waals surface area (Å²) in [5.41, 5.74) is 6.52. The first-order chi connectivity index (χ1) is 9.40. The number of rotatable bonds is 7. The summed E-state index contributed by atoms with van der Waals surface area (Å²) in [5.74, 6) is 1.05. The number of sulfonamides is 1. The molecule has 9 heteroatoms. The van der Waals surface area contributed by atoms with E-state index >= 15 is 0 Å². The number of nitrogens with zero attached hydrogens (tertiary/aromatic N) is 1. The van der Waals surface area contributed by atoms with Gasteiger partial charge in [-0.3, -0.25) is 4.99 Å². The molecular weight excluding hydrogens is 407 g/mol. The average Bonchev–Trinajstić information content (AvgIpc) is 2.38. The first-order valence-corrected chi connectivity index (χ1v) is 7.95. The summed E-state index contributed by atoms with van der Waals surface area (Å²) in [6, 6.07) is 7.27. The van der Waals surface area contributed by atoms with E-state index in [1.165, 1.54) is 0 Å². The van der Waals surface area contributed by atoms with Gasteiger partial charge >= 0.3 is 0 Å². The second-order valence-corrected chi connectivity index (χ2v) is 5.97. The molecule has 1 rings (SSSR count). The first-order valence-electron chi connectivity index (χ1n) is 6.06. The normalized spacial score (nSPS) is 11.6. The smallest absolute Gasteiger partial charge is 0.208 e. The summed E-state index contributed by atoms with van der Waals surface area (Å²) >= 11 is 0. The van der Waals surface area contributed by atoms with Crippen molar-refractivity contribution in [2.75, 3.05) is 31.8 Å². The summed E-state index contributed by atoms with van der Waals surface area (Å²) in [6.45, 7) is 0.787. The summed E-state index contributed by atoms with van der Waals surface area (Å²) in [4.78, 5) is 4.10. The van der Waals surface area contributed by atoms with Crippen LogP contribution in [0.5, 0.6) is 5.75 Å². The number of nitrogens with two attached hydrogens (primary N) is 1. The number of hydrogen-bond acceptors (Lipinski definition) is 4. The van der Waals surface area contributed by atoms with Crippen molar-refractivity contribution in [1.82, 2.24) is 4.72 Å². The lowest BCUT2D eigenvalue weighted by atomic mass is 10.3. The van der Waals surface area contributed by atoms with Gasteiger partial charge in [0.25, 0.3) is 0 Å². The van der Waals surface area contributed by atoms with Crippen LogP contribution in [-0.2, 0) is 10.0 Å². The van der Waals surface area contributed by atoms with Crippen LogP contribution in [-0.4, -0.2) is 40.8 Å². The number of aliphatic imine (C=N–C) groups is 1. The Balaban J connectivity index is 0.00000400. The van der Waals surface area contributed by atoms with Crippen LogP contribution in [0.1, 0.15) is 6.42 Å². The van der Waals surface area contributed by atoms with Gasteiger partial charge in [0.2, 0.25) is 10.0 Å². The number of hydrogen-bond donors (Lipinski definition) is 3.